The number of hydrogen-bond acceptors (Lipinski definition) is 5. The molecule has 2 heterocycles. The minimum atomic E-state index is -0.467. The Morgan fingerprint density at radius 3 is 2.85 bits per heavy atom. The largest absolute Gasteiger partial charge is 0.323 e. The Balaban J connectivity index is 1.69. The van der Waals surface area contributed by atoms with Crippen molar-refractivity contribution in [2.75, 3.05) is 5.32 Å². The smallest absolute Gasteiger partial charge is 0.259 e. The van der Waals surface area contributed by atoms with Crippen LogP contribution in [0.1, 0.15) is 28.8 Å². The summed E-state index contributed by atoms with van der Waals surface area (Å²) in [4.78, 5) is 33.7. The predicted octanol–water partition coefficient (Wildman–Crippen LogP) is 4.31. The maximum Gasteiger partial charge on any atom is 0.259 e. The van der Waals surface area contributed by atoms with Crippen molar-refractivity contribution in [1.82, 2.24) is 9.97 Å². The molecular formula is C19H20FN3O2S2. The van der Waals surface area contributed by atoms with E-state index in [0.29, 0.717) is 21.8 Å². The Labute approximate surface area is 164 Å². The number of thiophene rings is 1. The second kappa shape index (κ2) is 7.82. The van der Waals surface area contributed by atoms with E-state index in [0.717, 1.165) is 16.0 Å². The number of nitrogens with one attached hydrogen (secondary N) is 2. The third-order valence-electron chi connectivity index (χ3n) is 4.31. The summed E-state index contributed by atoms with van der Waals surface area (Å²) in [5.41, 5.74) is 1.83. The minimum Gasteiger partial charge on any atom is -0.323 e. The average molecular weight is 406 g/mol. The first-order valence-electron chi connectivity index (χ1n) is 8.43. The number of benzene rings is 1. The molecule has 0 saturated carbocycles. The number of halogens is 1. The third kappa shape index (κ3) is 4.22. The zero-order chi connectivity index (χ0) is 19.7. The van der Waals surface area contributed by atoms with Gasteiger partial charge < -0.3 is 10.3 Å². The molecule has 3 rings (SSSR count). The highest BCUT2D eigenvalue weighted by atomic mass is 32.2. The predicted molar refractivity (Wildman–Crippen MR) is 110 cm³/mol. The standard InChI is InChI=1S/C19H20FN3O2S2/c1-9-5-6-13(20)14(7-9)21-17(24)12(4)26-8-15-22-18(25)16-10(2)11(3)27-19(16)23-15/h5-7,12H,8H2,1-4H3,(H,21,24)(H,22,23,25)/t12-/m0/s1. The molecule has 0 saturated heterocycles. The van der Waals surface area contributed by atoms with Gasteiger partial charge >= 0.3 is 0 Å². The lowest BCUT2D eigenvalue weighted by atomic mass is 10.2. The second-order valence-electron chi connectivity index (χ2n) is 6.40. The summed E-state index contributed by atoms with van der Waals surface area (Å²) in [6.07, 6.45) is 0. The topological polar surface area (TPSA) is 74.8 Å². The molecule has 8 heteroatoms. The number of fused-ring (bicyclic) bond motifs is 1. The average Bonchev–Trinajstić information content (AvgIpc) is 2.90. The van der Waals surface area contributed by atoms with Crippen molar-refractivity contribution < 1.29 is 9.18 Å². The van der Waals surface area contributed by atoms with Crippen LogP contribution in [-0.4, -0.2) is 21.1 Å². The lowest BCUT2D eigenvalue weighted by Gasteiger charge is -2.12. The van der Waals surface area contributed by atoms with E-state index in [9.17, 15) is 14.0 Å². The number of rotatable bonds is 5. The van der Waals surface area contributed by atoms with Crippen molar-refractivity contribution in [2.24, 2.45) is 0 Å². The normalized spacial score (nSPS) is 12.3. The van der Waals surface area contributed by atoms with Crippen LogP contribution in [0.5, 0.6) is 0 Å². The molecule has 0 aliphatic carbocycles. The number of amides is 1. The SMILES string of the molecule is Cc1ccc(F)c(NC(=O)[C@H](C)SCc2nc3sc(C)c(C)c3c(=O)[nH]2)c1. The van der Waals surface area contributed by atoms with E-state index in [2.05, 4.69) is 15.3 Å². The fourth-order valence-electron chi connectivity index (χ4n) is 2.62. The number of thioether (sulfide) groups is 1. The van der Waals surface area contributed by atoms with E-state index >= 15 is 0 Å². The molecule has 142 valence electrons. The number of aromatic nitrogens is 2. The fraction of sp³-hybridized carbons (Fsp3) is 0.316. The maximum atomic E-state index is 13.8. The summed E-state index contributed by atoms with van der Waals surface area (Å²) >= 11 is 2.82. The van der Waals surface area contributed by atoms with Crippen LogP contribution in [0.4, 0.5) is 10.1 Å². The number of carbonyl (C=O) groups excluding carboxylic acids is 1. The Kier molecular flexibility index (Phi) is 5.67. The lowest BCUT2D eigenvalue weighted by molar-refractivity contribution is -0.115. The Hall–Kier alpha value is -2.19. The highest BCUT2D eigenvalue weighted by Gasteiger charge is 2.17. The molecule has 0 aliphatic heterocycles. The molecule has 0 bridgehead atoms. The number of H-pyrrole nitrogens is 1. The fourth-order valence-corrected chi connectivity index (χ4v) is 4.42. The Morgan fingerprint density at radius 1 is 1.37 bits per heavy atom. The molecule has 27 heavy (non-hydrogen) atoms. The molecule has 0 fully saturated rings. The molecule has 1 amide bonds. The Bertz CT molecular complexity index is 1070. The summed E-state index contributed by atoms with van der Waals surface area (Å²) in [7, 11) is 0. The van der Waals surface area contributed by atoms with Gasteiger partial charge in [0, 0.05) is 4.88 Å². The molecular weight excluding hydrogens is 385 g/mol. The van der Waals surface area contributed by atoms with Crippen LogP contribution in [0.2, 0.25) is 0 Å². The molecule has 0 radical (unpaired) electrons. The molecule has 3 aromatic rings. The first kappa shape index (κ1) is 19.6. The van der Waals surface area contributed by atoms with Crippen LogP contribution in [0.3, 0.4) is 0 Å². The first-order chi connectivity index (χ1) is 12.8. The third-order valence-corrected chi connectivity index (χ3v) is 6.56. The monoisotopic (exact) mass is 405 g/mol. The van der Waals surface area contributed by atoms with Crippen molar-refractivity contribution in [2.45, 2.75) is 38.7 Å². The van der Waals surface area contributed by atoms with Gasteiger partial charge in [-0.25, -0.2) is 9.37 Å². The molecule has 1 atom stereocenters. The number of aromatic amines is 1. The van der Waals surface area contributed by atoms with Crippen molar-refractivity contribution in [1.29, 1.82) is 0 Å². The first-order valence-corrected chi connectivity index (χ1v) is 10.3. The number of hydrogen-bond donors (Lipinski definition) is 2. The lowest BCUT2D eigenvalue weighted by Crippen LogP contribution is -2.23. The highest BCUT2D eigenvalue weighted by Crippen LogP contribution is 2.26. The van der Waals surface area contributed by atoms with Crippen molar-refractivity contribution >= 4 is 44.9 Å². The quantitative estimate of drug-likeness (QED) is 0.663. The van der Waals surface area contributed by atoms with Crippen LogP contribution in [-0.2, 0) is 10.5 Å². The second-order valence-corrected chi connectivity index (χ2v) is 8.93. The van der Waals surface area contributed by atoms with Gasteiger partial charge in [0.25, 0.3) is 5.56 Å². The Morgan fingerprint density at radius 2 is 2.11 bits per heavy atom. The van der Waals surface area contributed by atoms with E-state index < -0.39 is 11.1 Å². The van der Waals surface area contributed by atoms with Gasteiger partial charge in [-0.15, -0.1) is 23.1 Å². The molecule has 5 nitrogen and oxygen atoms in total. The molecule has 2 aromatic heterocycles. The number of carbonyl (C=O) groups is 1. The van der Waals surface area contributed by atoms with Gasteiger partial charge in [-0.1, -0.05) is 6.07 Å². The van der Waals surface area contributed by atoms with Crippen molar-refractivity contribution in [3.05, 3.63) is 56.2 Å². The number of anilines is 1. The maximum absolute atomic E-state index is 13.8. The van der Waals surface area contributed by atoms with Gasteiger partial charge in [0.2, 0.25) is 5.91 Å². The van der Waals surface area contributed by atoms with E-state index in [-0.39, 0.29) is 17.2 Å². The molecule has 0 unspecified atom stereocenters. The van der Waals surface area contributed by atoms with Gasteiger partial charge in [-0.3, -0.25) is 9.59 Å². The van der Waals surface area contributed by atoms with E-state index in [1.54, 1.807) is 19.1 Å². The molecule has 0 spiro atoms. The molecule has 2 N–H and O–H groups in total. The highest BCUT2D eigenvalue weighted by molar-refractivity contribution is 7.99. The summed E-state index contributed by atoms with van der Waals surface area (Å²) in [6.45, 7) is 7.45. The van der Waals surface area contributed by atoms with E-state index in [1.807, 2.05) is 20.8 Å². The van der Waals surface area contributed by atoms with Crippen molar-refractivity contribution in [3.63, 3.8) is 0 Å². The van der Waals surface area contributed by atoms with E-state index in [4.69, 9.17) is 0 Å². The van der Waals surface area contributed by atoms with Gasteiger partial charge in [0.1, 0.15) is 16.5 Å². The minimum absolute atomic E-state index is 0.156. The summed E-state index contributed by atoms with van der Waals surface area (Å²) in [5, 5.41) is 2.81. The van der Waals surface area contributed by atoms with Crippen LogP contribution in [0.25, 0.3) is 10.2 Å². The van der Waals surface area contributed by atoms with Crippen molar-refractivity contribution in [3.8, 4) is 0 Å². The van der Waals surface area contributed by atoms with Gasteiger partial charge in [-0.2, -0.15) is 0 Å². The summed E-state index contributed by atoms with van der Waals surface area (Å²) in [6, 6.07) is 4.58. The zero-order valence-electron chi connectivity index (χ0n) is 15.5. The van der Waals surface area contributed by atoms with Gasteiger partial charge in [0.15, 0.2) is 0 Å². The van der Waals surface area contributed by atoms with Gasteiger partial charge in [0.05, 0.1) is 22.1 Å². The molecule has 1 aromatic carbocycles. The summed E-state index contributed by atoms with van der Waals surface area (Å²) < 4.78 is 13.8. The van der Waals surface area contributed by atoms with E-state index in [1.165, 1.54) is 29.2 Å². The summed E-state index contributed by atoms with van der Waals surface area (Å²) in [5.74, 6) is 0.147. The zero-order valence-corrected chi connectivity index (χ0v) is 17.1. The van der Waals surface area contributed by atoms with Gasteiger partial charge in [-0.05, 0) is 51.0 Å². The molecule has 0 aliphatic rings. The van der Waals surface area contributed by atoms with Crippen LogP contribution >= 0.6 is 23.1 Å². The van der Waals surface area contributed by atoms with Crippen LogP contribution in [0.15, 0.2) is 23.0 Å². The number of nitrogens with zero attached hydrogens (tertiary/aromatic N) is 1. The number of aryl methyl sites for hydroxylation is 3. The van der Waals surface area contributed by atoms with Crippen LogP contribution in [0, 0.1) is 26.6 Å². The van der Waals surface area contributed by atoms with Crippen LogP contribution < -0.4 is 10.9 Å².